The number of fused-ring (bicyclic) bond motifs is 1. The van der Waals surface area contributed by atoms with Crippen LogP contribution in [0.3, 0.4) is 0 Å². The monoisotopic (exact) mass is 447 g/mol. The van der Waals surface area contributed by atoms with Crippen LogP contribution in [0.4, 0.5) is 0 Å². The molecule has 8 nitrogen and oxygen atoms in total. The third-order valence-corrected chi connectivity index (χ3v) is 7.12. The number of carbonyl (C=O) groups is 1. The summed E-state index contributed by atoms with van der Waals surface area (Å²) in [6.45, 7) is 1.25. The van der Waals surface area contributed by atoms with E-state index < -0.39 is 11.2 Å². The standard InChI is InChI=1S/C20H22ClN5O3S/c1-23-18-17(19(28)24(2)20(23)29)26(12-22-18)11-16(27)25-8-7-15(30-10-9-25)13-5-3-4-6-14(13)21/h3-6,12,15H,7-11H2,1-2H3. The molecule has 158 valence electrons. The quantitative estimate of drug-likeness (QED) is 0.611. The van der Waals surface area contributed by atoms with Gasteiger partial charge in [-0.25, -0.2) is 9.78 Å². The normalized spacial score (nSPS) is 17.3. The lowest BCUT2D eigenvalue weighted by atomic mass is 10.1. The van der Waals surface area contributed by atoms with E-state index in [1.165, 1.54) is 22.5 Å². The van der Waals surface area contributed by atoms with Crippen LogP contribution >= 0.6 is 23.4 Å². The molecule has 0 saturated carbocycles. The van der Waals surface area contributed by atoms with Crippen molar-refractivity contribution in [3.05, 3.63) is 62.0 Å². The van der Waals surface area contributed by atoms with Gasteiger partial charge in [0.1, 0.15) is 6.54 Å². The maximum atomic E-state index is 13.0. The van der Waals surface area contributed by atoms with Crippen molar-refractivity contribution < 1.29 is 4.79 Å². The molecule has 0 aliphatic carbocycles. The van der Waals surface area contributed by atoms with Gasteiger partial charge in [-0.15, -0.1) is 0 Å². The van der Waals surface area contributed by atoms with Gasteiger partial charge >= 0.3 is 5.69 Å². The Morgan fingerprint density at radius 2 is 1.97 bits per heavy atom. The zero-order valence-corrected chi connectivity index (χ0v) is 18.3. The molecule has 1 atom stereocenters. The van der Waals surface area contributed by atoms with Crippen LogP contribution in [0.1, 0.15) is 17.2 Å². The van der Waals surface area contributed by atoms with Crippen molar-refractivity contribution in [2.45, 2.75) is 18.2 Å². The van der Waals surface area contributed by atoms with Crippen molar-refractivity contribution in [1.82, 2.24) is 23.6 Å². The van der Waals surface area contributed by atoms with E-state index in [9.17, 15) is 14.4 Å². The molecule has 1 fully saturated rings. The van der Waals surface area contributed by atoms with Crippen LogP contribution in [-0.4, -0.2) is 48.3 Å². The van der Waals surface area contributed by atoms with Crippen molar-refractivity contribution in [3.63, 3.8) is 0 Å². The largest absolute Gasteiger partial charge is 0.340 e. The maximum Gasteiger partial charge on any atom is 0.332 e. The SMILES string of the molecule is Cn1c(=O)c2c(ncn2CC(=O)N2CCSC(c3ccccc3Cl)CC2)n(C)c1=O. The van der Waals surface area contributed by atoms with Gasteiger partial charge < -0.3 is 9.47 Å². The van der Waals surface area contributed by atoms with Gasteiger partial charge in [-0.05, 0) is 18.1 Å². The summed E-state index contributed by atoms with van der Waals surface area (Å²) in [5.41, 5.74) is 0.735. The number of halogens is 1. The molecule has 1 amide bonds. The number of hydrogen-bond donors (Lipinski definition) is 0. The number of hydrogen-bond acceptors (Lipinski definition) is 5. The summed E-state index contributed by atoms with van der Waals surface area (Å²) >= 11 is 8.15. The predicted molar refractivity (Wildman–Crippen MR) is 118 cm³/mol. The number of rotatable bonds is 3. The Kier molecular flexibility index (Phi) is 5.75. The molecule has 3 heterocycles. The molecule has 4 rings (SSSR count). The van der Waals surface area contributed by atoms with Crippen molar-refractivity contribution in [3.8, 4) is 0 Å². The minimum absolute atomic E-state index is 0.00533. The zero-order chi connectivity index (χ0) is 21.4. The van der Waals surface area contributed by atoms with Crippen LogP contribution in [0.15, 0.2) is 40.2 Å². The van der Waals surface area contributed by atoms with Gasteiger partial charge in [0.05, 0.1) is 6.33 Å². The van der Waals surface area contributed by atoms with Crippen molar-refractivity contribution in [1.29, 1.82) is 0 Å². The first kappa shape index (κ1) is 20.7. The number of aromatic nitrogens is 4. The number of thioether (sulfide) groups is 1. The summed E-state index contributed by atoms with van der Waals surface area (Å²) in [6.07, 6.45) is 2.25. The van der Waals surface area contributed by atoms with Crippen LogP contribution in [0, 0.1) is 0 Å². The number of carbonyl (C=O) groups excluding carboxylic acids is 1. The van der Waals surface area contributed by atoms with Gasteiger partial charge in [0.25, 0.3) is 5.56 Å². The molecule has 0 radical (unpaired) electrons. The fraction of sp³-hybridized carbons (Fsp3) is 0.400. The molecule has 1 saturated heterocycles. The first-order valence-electron chi connectivity index (χ1n) is 9.63. The average molecular weight is 448 g/mol. The van der Waals surface area contributed by atoms with E-state index in [2.05, 4.69) is 4.98 Å². The van der Waals surface area contributed by atoms with Crippen LogP contribution in [0.5, 0.6) is 0 Å². The molecule has 1 unspecified atom stereocenters. The molecule has 1 aromatic carbocycles. The Hall–Kier alpha value is -2.52. The zero-order valence-electron chi connectivity index (χ0n) is 16.7. The highest BCUT2D eigenvalue weighted by atomic mass is 35.5. The number of aryl methyl sites for hydroxylation is 1. The van der Waals surface area contributed by atoms with Gasteiger partial charge in [0, 0.05) is 43.2 Å². The molecule has 1 aliphatic rings. The van der Waals surface area contributed by atoms with Gasteiger partial charge in [-0.2, -0.15) is 11.8 Å². The Morgan fingerprint density at radius 1 is 1.20 bits per heavy atom. The molecule has 30 heavy (non-hydrogen) atoms. The van der Waals surface area contributed by atoms with E-state index in [0.29, 0.717) is 13.1 Å². The molecular formula is C20H22ClN5O3S. The Morgan fingerprint density at radius 3 is 2.73 bits per heavy atom. The van der Waals surface area contributed by atoms with Gasteiger partial charge in [-0.3, -0.25) is 18.7 Å². The van der Waals surface area contributed by atoms with Gasteiger partial charge in [0.2, 0.25) is 5.91 Å². The van der Waals surface area contributed by atoms with Crippen LogP contribution in [0.2, 0.25) is 5.02 Å². The molecule has 2 aromatic heterocycles. The highest BCUT2D eigenvalue weighted by molar-refractivity contribution is 7.99. The lowest BCUT2D eigenvalue weighted by molar-refractivity contribution is -0.131. The van der Waals surface area contributed by atoms with Gasteiger partial charge in [0.15, 0.2) is 11.2 Å². The second kappa shape index (κ2) is 8.31. The highest BCUT2D eigenvalue weighted by Crippen LogP contribution is 2.37. The highest BCUT2D eigenvalue weighted by Gasteiger charge is 2.24. The summed E-state index contributed by atoms with van der Waals surface area (Å²) in [4.78, 5) is 43.6. The van der Waals surface area contributed by atoms with Crippen LogP contribution in [0.25, 0.3) is 11.2 Å². The van der Waals surface area contributed by atoms with Gasteiger partial charge in [-0.1, -0.05) is 29.8 Å². The van der Waals surface area contributed by atoms with E-state index >= 15 is 0 Å². The van der Waals surface area contributed by atoms with E-state index in [-0.39, 0.29) is 28.9 Å². The first-order valence-corrected chi connectivity index (χ1v) is 11.1. The summed E-state index contributed by atoms with van der Waals surface area (Å²) in [5.74, 6) is 0.730. The summed E-state index contributed by atoms with van der Waals surface area (Å²) in [6, 6.07) is 7.82. The predicted octanol–water partition coefficient (Wildman–Crippen LogP) is 1.79. The van der Waals surface area contributed by atoms with E-state index in [1.54, 1.807) is 18.8 Å². The minimum atomic E-state index is -0.455. The van der Waals surface area contributed by atoms with E-state index in [0.717, 1.165) is 27.3 Å². The molecule has 10 heteroatoms. The number of benzene rings is 1. The second-order valence-electron chi connectivity index (χ2n) is 7.30. The Bertz CT molecular complexity index is 1230. The topological polar surface area (TPSA) is 82.1 Å². The van der Waals surface area contributed by atoms with E-state index in [4.69, 9.17) is 11.6 Å². The average Bonchev–Trinajstić information content (AvgIpc) is 2.99. The molecule has 3 aromatic rings. The van der Waals surface area contributed by atoms with Crippen molar-refractivity contribution in [2.24, 2.45) is 14.1 Å². The molecule has 0 bridgehead atoms. The number of imidazole rings is 1. The number of amides is 1. The molecular weight excluding hydrogens is 426 g/mol. The third kappa shape index (κ3) is 3.67. The smallest absolute Gasteiger partial charge is 0.332 e. The molecule has 0 N–H and O–H groups in total. The summed E-state index contributed by atoms with van der Waals surface area (Å²) in [5, 5.41) is 0.994. The lowest BCUT2D eigenvalue weighted by Gasteiger charge is -2.21. The molecule has 0 spiro atoms. The van der Waals surface area contributed by atoms with Crippen molar-refractivity contribution >= 4 is 40.4 Å². The Balaban J connectivity index is 1.53. The Labute approximate surface area is 182 Å². The number of nitrogens with zero attached hydrogens (tertiary/aromatic N) is 5. The maximum absolute atomic E-state index is 13.0. The summed E-state index contributed by atoms with van der Waals surface area (Å²) < 4.78 is 3.87. The molecule has 1 aliphatic heterocycles. The fourth-order valence-electron chi connectivity index (χ4n) is 3.77. The van der Waals surface area contributed by atoms with Crippen LogP contribution < -0.4 is 11.2 Å². The first-order chi connectivity index (χ1) is 14.4. The summed E-state index contributed by atoms with van der Waals surface area (Å²) in [7, 11) is 2.98. The van der Waals surface area contributed by atoms with E-state index in [1.807, 2.05) is 29.2 Å². The third-order valence-electron chi connectivity index (χ3n) is 5.47. The van der Waals surface area contributed by atoms with Crippen molar-refractivity contribution in [2.75, 3.05) is 18.8 Å². The second-order valence-corrected chi connectivity index (χ2v) is 9.02. The lowest BCUT2D eigenvalue weighted by Crippen LogP contribution is -2.39. The minimum Gasteiger partial charge on any atom is -0.340 e. The fourth-order valence-corrected chi connectivity index (χ4v) is 5.37. The van der Waals surface area contributed by atoms with Crippen LogP contribution in [-0.2, 0) is 25.4 Å².